The number of hydrogen-bond donors (Lipinski definition) is 1. The molecule has 0 aliphatic carbocycles. The van der Waals surface area contributed by atoms with Gasteiger partial charge >= 0.3 is 0 Å². The van der Waals surface area contributed by atoms with Crippen LogP contribution in [0.2, 0.25) is 0 Å². The maximum Gasteiger partial charge on any atom is 0.0678 e. The van der Waals surface area contributed by atoms with Gasteiger partial charge in [0.15, 0.2) is 0 Å². The Bertz CT molecular complexity index is 394. The van der Waals surface area contributed by atoms with Crippen LogP contribution in [0.25, 0.3) is 0 Å². The van der Waals surface area contributed by atoms with Crippen molar-refractivity contribution in [1.29, 1.82) is 0 Å². The zero-order chi connectivity index (χ0) is 14.0. The first-order valence-corrected chi connectivity index (χ1v) is 7.15. The number of aromatic nitrogens is 2. The molecular weight excluding hydrogens is 240 g/mol. The standard InChI is InChI=1S/C14H26N4O/c1-10(2)18-9-13(6-16-18)14(5-15)17-7-11(3)19-12(4)8-17/h6,9-12,14H,5,7-8,15H2,1-4H3. The van der Waals surface area contributed by atoms with Crippen LogP contribution in [-0.2, 0) is 4.74 Å². The Labute approximate surface area is 115 Å². The maximum absolute atomic E-state index is 5.99. The third-order valence-electron chi connectivity index (χ3n) is 3.65. The van der Waals surface area contributed by atoms with Gasteiger partial charge in [0.25, 0.3) is 0 Å². The average Bonchev–Trinajstić information content (AvgIpc) is 2.78. The van der Waals surface area contributed by atoms with Gasteiger partial charge in [-0.3, -0.25) is 9.58 Å². The van der Waals surface area contributed by atoms with Gasteiger partial charge in [-0.05, 0) is 27.7 Å². The first-order chi connectivity index (χ1) is 9.01. The van der Waals surface area contributed by atoms with Crippen molar-refractivity contribution in [2.45, 2.75) is 52.0 Å². The molecule has 19 heavy (non-hydrogen) atoms. The highest BCUT2D eigenvalue weighted by molar-refractivity contribution is 5.12. The molecule has 1 aromatic heterocycles. The van der Waals surface area contributed by atoms with Crippen LogP contribution in [0.5, 0.6) is 0 Å². The van der Waals surface area contributed by atoms with E-state index in [2.05, 4.69) is 43.9 Å². The summed E-state index contributed by atoms with van der Waals surface area (Å²) in [6, 6.07) is 0.621. The van der Waals surface area contributed by atoms with E-state index in [0.29, 0.717) is 12.6 Å². The monoisotopic (exact) mass is 266 g/mol. The van der Waals surface area contributed by atoms with Crippen molar-refractivity contribution < 1.29 is 4.74 Å². The zero-order valence-electron chi connectivity index (χ0n) is 12.4. The Kier molecular flexibility index (Phi) is 4.60. The Balaban J connectivity index is 2.14. The quantitative estimate of drug-likeness (QED) is 0.899. The molecule has 5 nitrogen and oxygen atoms in total. The number of ether oxygens (including phenoxy) is 1. The molecule has 0 aromatic carbocycles. The van der Waals surface area contributed by atoms with Gasteiger partial charge in [0.2, 0.25) is 0 Å². The summed E-state index contributed by atoms with van der Waals surface area (Å²) in [5.74, 6) is 0. The molecule has 1 aromatic rings. The minimum atomic E-state index is 0.237. The third-order valence-corrected chi connectivity index (χ3v) is 3.65. The molecular formula is C14H26N4O. The average molecular weight is 266 g/mol. The fraction of sp³-hybridized carbons (Fsp3) is 0.786. The van der Waals surface area contributed by atoms with Crippen LogP contribution in [0.4, 0.5) is 0 Å². The first kappa shape index (κ1) is 14.5. The Morgan fingerprint density at radius 2 is 2.00 bits per heavy atom. The Morgan fingerprint density at radius 1 is 1.37 bits per heavy atom. The molecule has 2 rings (SSSR count). The number of nitrogens with zero attached hydrogens (tertiary/aromatic N) is 3. The highest BCUT2D eigenvalue weighted by Gasteiger charge is 2.28. The summed E-state index contributed by atoms with van der Waals surface area (Å²) >= 11 is 0. The molecule has 3 atom stereocenters. The minimum absolute atomic E-state index is 0.237. The van der Waals surface area contributed by atoms with E-state index in [0.717, 1.165) is 13.1 Å². The predicted molar refractivity (Wildman–Crippen MR) is 76.0 cm³/mol. The van der Waals surface area contributed by atoms with Crippen molar-refractivity contribution in [2.75, 3.05) is 19.6 Å². The summed E-state index contributed by atoms with van der Waals surface area (Å²) < 4.78 is 7.78. The molecule has 0 radical (unpaired) electrons. The van der Waals surface area contributed by atoms with E-state index in [4.69, 9.17) is 10.5 Å². The molecule has 5 heteroatoms. The molecule has 2 heterocycles. The molecule has 3 unspecified atom stereocenters. The zero-order valence-corrected chi connectivity index (χ0v) is 12.4. The van der Waals surface area contributed by atoms with E-state index in [1.54, 1.807) is 0 Å². The summed E-state index contributed by atoms with van der Waals surface area (Å²) in [6.07, 6.45) is 4.59. The first-order valence-electron chi connectivity index (χ1n) is 7.15. The molecule has 108 valence electrons. The molecule has 1 saturated heterocycles. The second-order valence-electron chi connectivity index (χ2n) is 5.81. The molecule has 2 N–H and O–H groups in total. The van der Waals surface area contributed by atoms with Crippen LogP contribution < -0.4 is 5.73 Å². The fourth-order valence-electron chi connectivity index (χ4n) is 2.78. The van der Waals surface area contributed by atoms with E-state index in [-0.39, 0.29) is 18.2 Å². The van der Waals surface area contributed by atoms with Crippen LogP contribution in [0.3, 0.4) is 0 Å². The smallest absolute Gasteiger partial charge is 0.0678 e. The number of nitrogens with two attached hydrogens (primary N) is 1. The van der Waals surface area contributed by atoms with Crippen molar-refractivity contribution in [2.24, 2.45) is 5.73 Å². The second kappa shape index (κ2) is 6.03. The normalized spacial score (nSPS) is 26.8. The van der Waals surface area contributed by atoms with Gasteiger partial charge in [0.1, 0.15) is 0 Å². The van der Waals surface area contributed by atoms with Crippen LogP contribution in [0.1, 0.15) is 45.3 Å². The van der Waals surface area contributed by atoms with Crippen LogP contribution in [0.15, 0.2) is 12.4 Å². The maximum atomic E-state index is 5.99. The van der Waals surface area contributed by atoms with E-state index < -0.39 is 0 Å². The van der Waals surface area contributed by atoms with Crippen LogP contribution in [-0.4, -0.2) is 46.5 Å². The minimum Gasteiger partial charge on any atom is -0.373 e. The van der Waals surface area contributed by atoms with E-state index >= 15 is 0 Å². The SMILES string of the molecule is CC1CN(C(CN)c2cnn(C(C)C)c2)CC(C)O1. The summed E-state index contributed by atoms with van der Waals surface area (Å²) in [6.45, 7) is 11.0. The fourth-order valence-corrected chi connectivity index (χ4v) is 2.78. The number of morpholine rings is 1. The molecule has 0 saturated carbocycles. The lowest BCUT2D eigenvalue weighted by Crippen LogP contribution is -2.48. The highest BCUT2D eigenvalue weighted by Crippen LogP contribution is 2.24. The molecule has 1 fully saturated rings. The molecule has 0 bridgehead atoms. The molecule has 0 spiro atoms. The lowest BCUT2D eigenvalue weighted by atomic mass is 10.1. The highest BCUT2D eigenvalue weighted by atomic mass is 16.5. The number of rotatable bonds is 4. The van der Waals surface area contributed by atoms with Crippen molar-refractivity contribution >= 4 is 0 Å². The van der Waals surface area contributed by atoms with Gasteiger partial charge in [0.05, 0.1) is 24.4 Å². The van der Waals surface area contributed by atoms with Gasteiger partial charge in [-0.1, -0.05) is 0 Å². The van der Waals surface area contributed by atoms with Crippen LogP contribution >= 0.6 is 0 Å². The molecule has 1 aliphatic heterocycles. The second-order valence-corrected chi connectivity index (χ2v) is 5.81. The van der Waals surface area contributed by atoms with Gasteiger partial charge in [-0.15, -0.1) is 0 Å². The summed E-state index contributed by atoms with van der Waals surface area (Å²) in [4.78, 5) is 2.42. The van der Waals surface area contributed by atoms with Crippen molar-refractivity contribution in [3.63, 3.8) is 0 Å². The van der Waals surface area contributed by atoms with Gasteiger partial charge < -0.3 is 10.5 Å². The van der Waals surface area contributed by atoms with Crippen molar-refractivity contribution in [3.05, 3.63) is 18.0 Å². The van der Waals surface area contributed by atoms with Crippen molar-refractivity contribution in [1.82, 2.24) is 14.7 Å². The Morgan fingerprint density at radius 3 is 2.47 bits per heavy atom. The lowest BCUT2D eigenvalue weighted by Gasteiger charge is -2.39. The van der Waals surface area contributed by atoms with E-state index in [9.17, 15) is 0 Å². The molecule has 0 amide bonds. The molecule has 1 aliphatic rings. The number of hydrogen-bond acceptors (Lipinski definition) is 4. The summed E-state index contributed by atoms with van der Waals surface area (Å²) in [7, 11) is 0. The van der Waals surface area contributed by atoms with Crippen LogP contribution in [0, 0.1) is 0 Å². The van der Waals surface area contributed by atoms with Gasteiger partial charge in [-0.25, -0.2) is 0 Å². The van der Waals surface area contributed by atoms with E-state index in [1.807, 2.05) is 10.9 Å². The third kappa shape index (κ3) is 3.35. The predicted octanol–water partition coefficient (Wildman–Crippen LogP) is 1.57. The van der Waals surface area contributed by atoms with Gasteiger partial charge in [0, 0.05) is 37.4 Å². The summed E-state index contributed by atoms with van der Waals surface area (Å²) in [5.41, 5.74) is 7.20. The van der Waals surface area contributed by atoms with E-state index in [1.165, 1.54) is 5.56 Å². The topological polar surface area (TPSA) is 56.3 Å². The van der Waals surface area contributed by atoms with Gasteiger partial charge in [-0.2, -0.15) is 5.10 Å². The largest absolute Gasteiger partial charge is 0.373 e. The van der Waals surface area contributed by atoms with Crippen molar-refractivity contribution in [3.8, 4) is 0 Å². The Hall–Kier alpha value is -0.910. The summed E-state index contributed by atoms with van der Waals surface area (Å²) in [5, 5.41) is 4.42. The lowest BCUT2D eigenvalue weighted by molar-refractivity contribution is -0.0799.